The van der Waals surface area contributed by atoms with Crippen molar-refractivity contribution < 1.29 is 0 Å². The summed E-state index contributed by atoms with van der Waals surface area (Å²) in [5.41, 5.74) is 2.83. The van der Waals surface area contributed by atoms with Crippen molar-refractivity contribution in [1.82, 2.24) is 24.7 Å². The van der Waals surface area contributed by atoms with Crippen molar-refractivity contribution in [3.05, 3.63) is 54.4 Å². The van der Waals surface area contributed by atoms with Crippen LogP contribution >= 0.6 is 0 Å². The minimum Gasteiger partial charge on any atom is -0.241 e. The molecule has 0 unspecified atom stereocenters. The summed E-state index contributed by atoms with van der Waals surface area (Å²) in [6, 6.07) is 10.0. The van der Waals surface area contributed by atoms with E-state index >= 15 is 0 Å². The van der Waals surface area contributed by atoms with Gasteiger partial charge in [-0.2, -0.15) is 5.10 Å². The van der Waals surface area contributed by atoms with Crippen molar-refractivity contribution in [2.75, 3.05) is 0 Å². The lowest BCUT2D eigenvalue weighted by atomic mass is 9.96. The van der Waals surface area contributed by atoms with Gasteiger partial charge in [0, 0.05) is 17.2 Å². The Bertz CT molecular complexity index is 799. The first-order chi connectivity index (χ1) is 10.4. The van der Waals surface area contributed by atoms with Gasteiger partial charge in [0.2, 0.25) is 0 Å². The standard InChI is InChI=1S/C17H19N5/c1-12-8-9-22(21-12)14-7-5-6-13(10-14)15-18-11-19-16(20-15)17(2,3)4/h5-11H,1-4H3. The largest absolute Gasteiger partial charge is 0.241 e. The van der Waals surface area contributed by atoms with Gasteiger partial charge in [0.25, 0.3) is 0 Å². The fourth-order valence-electron chi connectivity index (χ4n) is 2.14. The van der Waals surface area contributed by atoms with Crippen molar-refractivity contribution in [3.63, 3.8) is 0 Å². The Morgan fingerprint density at radius 1 is 1.05 bits per heavy atom. The summed E-state index contributed by atoms with van der Waals surface area (Å²) >= 11 is 0. The summed E-state index contributed by atoms with van der Waals surface area (Å²) in [5, 5.41) is 4.44. The van der Waals surface area contributed by atoms with E-state index in [1.807, 2.05) is 48.1 Å². The lowest BCUT2D eigenvalue weighted by Crippen LogP contribution is -2.16. The average Bonchev–Trinajstić information content (AvgIpc) is 2.93. The van der Waals surface area contributed by atoms with E-state index in [2.05, 4.69) is 40.8 Å². The number of aryl methyl sites for hydroxylation is 1. The average molecular weight is 293 g/mol. The Hall–Kier alpha value is -2.56. The van der Waals surface area contributed by atoms with Gasteiger partial charge in [-0.25, -0.2) is 19.6 Å². The van der Waals surface area contributed by atoms with Gasteiger partial charge >= 0.3 is 0 Å². The first kappa shape index (κ1) is 14.4. The lowest BCUT2D eigenvalue weighted by molar-refractivity contribution is 0.542. The van der Waals surface area contributed by atoms with E-state index in [9.17, 15) is 0 Å². The third-order valence-electron chi connectivity index (χ3n) is 3.33. The molecule has 0 saturated carbocycles. The lowest BCUT2D eigenvalue weighted by Gasteiger charge is -2.16. The number of hydrogen-bond acceptors (Lipinski definition) is 4. The molecule has 2 aromatic heterocycles. The molecule has 0 amide bonds. The molecule has 0 atom stereocenters. The molecule has 5 nitrogen and oxygen atoms in total. The molecule has 0 saturated heterocycles. The topological polar surface area (TPSA) is 56.5 Å². The Kier molecular flexibility index (Phi) is 3.48. The van der Waals surface area contributed by atoms with Crippen LogP contribution in [0.4, 0.5) is 0 Å². The maximum absolute atomic E-state index is 4.60. The van der Waals surface area contributed by atoms with E-state index in [4.69, 9.17) is 0 Å². The highest BCUT2D eigenvalue weighted by atomic mass is 15.3. The fourth-order valence-corrected chi connectivity index (χ4v) is 2.14. The fraction of sp³-hybridized carbons (Fsp3) is 0.294. The first-order valence-electron chi connectivity index (χ1n) is 7.26. The molecule has 112 valence electrons. The van der Waals surface area contributed by atoms with E-state index in [-0.39, 0.29) is 5.41 Å². The second-order valence-corrected chi connectivity index (χ2v) is 6.33. The molecule has 3 rings (SSSR count). The van der Waals surface area contributed by atoms with Crippen LogP contribution in [0.2, 0.25) is 0 Å². The van der Waals surface area contributed by atoms with Crippen molar-refractivity contribution in [3.8, 4) is 17.1 Å². The zero-order valence-corrected chi connectivity index (χ0v) is 13.3. The van der Waals surface area contributed by atoms with E-state index in [1.165, 1.54) is 0 Å². The molecular weight excluding hydrogens is 274 g/mol. The quantitative estimate of drug-likeness (QED) is 0.727. The molecule has 0 aliphatic rings. The van der Waals surface area contributed by atoms with Crippen LogP contribution in [0.3, 0.4) is 0 Å². The van der Waals surface area contributed by atoms with Crippen molar-refractivity contribution in [1.29, 1.82) is 0 Å². The molecule has 0 aliphatic carbocycles. The number of hydrogen-bond donors (Lipinski definition) is 0. The van der Waals surface area contributed by atoms with E-state index in [1.54, 1.807) is 6.33 Å². The molecule has 5 heteroatoms. The van der Waals surface area contributed by atoms with Gasteiger partial charge in [0.1, 0.15) is 12.2 Å². The van der Waals surface area contributed by atoms with Gasteiger partial charge < -0.3 is 0 Å². The zero-order valence-electron chi connectivity index (χ0n) is 13.3. The number of rotatable bonds is 2. The third-order valence-corrected chi connectivity index (χ3v) is 3.33. The SMILES string of the molecule is Cc1ccn(-c2cccc(-c3ncnc(C(C)(C)C)n3)c2)n1. The number of benzene rings is 1. The summed E-state index contributed by atoms with van der Waals surface area (Å²) in [6.45, 7) is 8.25. The summed E-state index contributed by atoms with van der Waals surface area (Å²) in [5.74, 6) is 1.48. The normalized spacial score (nSPS) is 11.6. The Labute approximate surface area is 130 Å². The van der Waals surface area contributed by atoms with Crippen molar-refractivity contribution in [2.24, 2.45) is 0 Å². The Morgan fingerprint density at radius 3 is 2.55 bits per heavy atom. The highest BCUT2D eigenvalue weighted by Gasteiger charge is 2.18. The minimum absolute atomic E-state index is 0.103. The van der Waals surface area contributed by atoms with Gasteiger partial charge in [-0.15, -0.1) is 0 Å². The van der Waals surface area contributed by atoms with Crippen LogP contribution < -0.4 is 0 Å². The van der Waals surface area contributed by atoms with Gasteiger partial charge in [-0.1, -0.05) is 32.9 Å². The molecule has 0 radical (unpaired) electrons. The predicted octanol–water partition coefficient (Wildman–Crippen LogP) is 3.33. The predicted molar refractivity (Wildman–Crippen MR) is 85.8 cm³/mol. The van der Waals surface area contributed by atoms with Gasteiger partial charge in [-0.3, -0.25) is 0 Å². The van der Waals surface area contributed by atoms with Gasteiger partial charge in [0.15, 0.2) is 5.82 Å². The molecule has 0 aliphatic heterocycles. The smallest absolute Gasteiger partial charge is 0.163 e. The molecule has 3 aromatic rings. The van der Waals surface area contributed by atoms with Crippen LogP contribution in [0.1, 0.15) is 32.3 Å². The highest BCUT2D eigenvalue weighted by molar-refractivity contribution is 5.58. The maximum Gasteiger partial charge on any atom is 0.163 e. The van der Waals surface area contributed by atoms with E-state index in [0.717, 1.165) is 22.8 Å². The second kappa shape index (κ2) is 5.33. The number of aromatic nitrogens is 5. The van der Waals surface area contributed by atoms with Crippen LogP contribution in [0.15, 0.2) is 42.9 Å². The molecule has 1 aromatic carbocycles. The van der Waals surface area contributed by atoms with Crippen molar-refractivity contribution >= 4 is 0 Å². The Morgan fingerprint density at radius 2 is 1.86 bits per heavy atom. The summed E-state index contributed by atoms with van der Waals surface area (Å²) < 4.78 is 1.85. The van der Waals surface area contributed by atoms with Crippen LogP contribution in [0.25, 0.3) is 17.1 Å². The summed E-state index contributed by atoms with van der Waals surface area (Å²) in [6.07, 6.45) is 3.52. The molecular formula is C17H19N5. The van der Waals surface area contributed by atoms with Gasteiger partial charge in [-0.05, 0) is 25.1 Å². The molecule has 22 heavy (non-hydrogen) atoms. The Balaban J connectivity index is 2.03. The van der Waals surface area contributed by atoms with E-state index < -0.39 is 0 Å². The monoisotopic (exact) mass is 293 g/mol. The maximum atomic E-state index is 4.60. The first-order valence-corrected chi connectivity index (χ1v) is 7.26. The van der Waals surface area contributed by atoms with E-state index in [0.29, 0.717) is 5.82 Å². The number of nitrogens with zero attached hydrogens (tertiary/aromatic N) is 5. The van der Waals surface area contributed by atoms with Crippen LogP contribution in [0.5, 0.6) is 0 Å². The van der Waals surface area contributed by atoms with Crippen LogP contribution in [-0.4, -0.2) is 24.7 Å². The van der Waals surface area contributed by atoms with Crippen molar-refractivity contribution in [2.45, 2.75) is 33.1 Å². The molecule has 0 spiro atoms. The minimum atomic E-state index is -0.103. The molecule has 2 heterocycles. The highest BCUT2D eigenvalue weighted by Crippen LogP contribution is 2.22. The summed E-state index contributed by atoms with van der Waals surface area (Å²) in [7, 11) is 0. The summed E-state index contributed by atoms with van der Waals surface area (Å²) in [4.78, 5) is 13.2. The molecule has 0 bridgehead atoms. The third kappa shape index (κ3) is 2.88. The molecule has 0 N–H and O–H groups in total. The zero-order chi connectivity index (χ0) is 15.7. The molecule has 0 fully saturated rings. The van der Waals surface area contributed by atoms with Crippen LogP contribution in [-0.2, 0) is 5.41 Å². The van der Waals surface area contributed by atoms with Crippen LogP contribution in [0, 0.1) is 6.92 Å². The van der Waals surface area contributed by atoms with Gasteiger partial charge in [0.05, 0.1) is 11.4 Å². The second-order valence-electron chi connectivity index (χ2n) is 6.33.